The van der Waals surface area contributed by atoms with E-state index in [2.05, 4.69) is 10.3 Å². The van der Waals surface area contributed by atoms with Crippen molar-refractivity contribution in [3.63, 3.8) is 0 Å². The maximum Gasteiger partial charge on any atom is 0.245 e. The molecule has 1 N–H and O–H groups in total. The second kappa shape index (κ2) is 5.16. The molecule has 5 heteroatoms. The molecule has 1 aromatic rings. The van der Waals surface area contributed by atoms with Crippen molar-refractivity contribution < 1.29 is 9.59 Å². The summed E-state index contributed by atoms with van der Waals surface area (Å²) in [5.41, 5.74) is 1.88. The Bertz CT molecular complexity index is 456. The number of hydrogen-bond acceptors (Lipinski definition) is 3. The lowest BCUT2D eigenvalue weighted by Gasteiger charge is -2.32. The third-order valence-corrected chi connectivity index (χ3v) is 3.03. The van der Waals surface area contributed by atoms with Gasteiger partial charge in [-0.3, -0.25) is 14.6 Å². The topological polar surface area (TPSA) is 62.3 Å². The molecule has 1 aromatic heterocycles. The molecule has 1 aliphatic heterocycles. The monoisotopic (exact) mass is 247 g/mol. The molecular formula is C13H17N3O2. The normalized spacial score (nSPS) is 19.9. The van der Waals surface area contributed by atoms with Gasteiger partial charge < -0.3 is 10.2 Å². The van der Waals surface area contributed by atoms with Crippen LogP contribution in [0.15, 0.2) is 18.3 Å². The van der Waals surface area contributed by atoms with Crippen LogP contribution in [0.4, 0.5) is 0 Å². The third-order valence-electron chi connectivity index (χ3n) is 3.03. The quantitative estimate of drug-likeness (QED) is 0.852. The minimum atomic E-state index is -0.385. The largest absolute Gasteiger partial charge is 0.343 e. The van der Waals surface area contributed by atoms with E-state index >= 15 is 0 Å². The van der Waals surface area contributed by atoms with Gasteiger partial charge in [0.2, 0.25) is 11.8 Å². The minimum absolute atomic E-state index is 0.0160. The maximum absolute atomic E-state index is 12.1. The molecule has 0 aliphatic carbocycles. The van der Waals surface area contributed by atoms with E-state index in [4.69, 9.17) is 0 Å². The molecule has 5 nitrogen and oxygen atoms in total. The summed E-state index contributed by atoms with van der Waals surface area (Å²) >= 11 is 0. The Hall–Kier alpha value is -1.91. The molecule has 96 valence electrons. The molecule has 1 saturated heterocycles. The summed E-state index contributed by atoms with van der Waals surface area (Å²) < 4.78 is 0. The number of pyridine rings is 1. The van der Waals surface area contributed by atoms with Crippen molar-refractivity contribution in [1.29, 1.82) is 0 Å². The fourth-order valence-corrected chi connectivity index (χ4v) is 2.00. The predicted octanol–water partition coefficient (Wildman–Crippen LogP) is 0.627. The van der Waals surface area contributed by atoms with E-state index in [0.29, 0.717) is 13.0 Å². The van der Waals surface area contributed by atoms with E-state index < -0.39 is 0 Å². The van der Waals surface area contributed by atoms with Crippen LogP contribution < -0.4 is 5.32 Å². The highest BCUT2D eigenvalue weighted by Gasteiger charge is 2.31. The molecule has 0 saturated carbocycles. The molecule has 1 aliphatic rings. The molecule has 2 rings (SSSR count). The van der Waals surface area contributed by atoms with Crippen LogP contribution in [0.25, 0.3) is 0 Å². The van der Waals surface area contributed by atoms with Gasteiger partial charge in [0.1, 0.15) is 6.04 Å². The first-order valence-electron chi connectivity index (χ1n) is 6.10. The van der Waals surface area contributed by atoms with Crippen molar-refractivity contribution in [3.05, 3.63) is 29.6 Å². The highest BCUT2D eigenvalue weighted by atomic mass is 16.2. The van der Waals surface area contributed by atoms with Crippen molar-refractivity contribution in [1.82, 2.24) is 15.2 Å². The number of piperazine rings is 1. The molecule has 0 radical (unpaired) electrons. The van der Waals surface area contributed by atoms with Crippen molar-refractivity contribution in [2.75, 3.05) is 6.54 Å². The van der Waals surface area contributed by atoms with E-state index in [1.165, 1.54) is 0 Å². The number of amides is 2. The summed E-state index contributed by atoms with van der Waals surface area (Å²) in [4.78, 5) is 29.3. The molecule has 0 aromatic carbocycles. The number of aryl methyl sites for hydroxylation is 1. The molecule has 0 bridgehead atoms. The van der Waals surface area contributed by atoms with Crippen LogP contribution in [0, 0.1) is 6.92 Å². The standard InChI is InChI=1S/C13H17N3O2/c1-3-11-13(18)16(8-12(17)15-11)7-10-5-4-9(2)14-6-10/h4-6,11H,3,7-8H2,1-2H3,(H,15,17). The van der Waals surface area contributed by atoms with Crippen LogP contribution in [-0.2, 0) is 16.1 Å². The van der Waals surface area contributed by atoms with Gasteiger partial charge >= 0.3 is 0 Å². The number of aromatic nitrogens is 1. The zero-order chi connectivity index (χ0) is 13.1. The summed E-state index contributed by atoms with van der Waals surface area (Å²) in [5, 5.41) is 2.69. The van der Waals surface area contributed by atoms with Crippen molar-refractivity contribution in [3.8, 4) is 0 Å². The van der Waals surface area contributed by atoms with E-state index in [1.54, 1.807) is 11.1 Å². The smallest absolute Gasteiger partial charge is 0.245 e. The second-order valence-corrected chi connectivity index (χ2v) is 4.53. The second-order valence-electron chi connectivity index (χ2n) is 4.53. The number of nitrogens with zero attached hydrogens (tertiary/aromatic N) is 2. The Morgan fingerprint density at radius 1 is 1.44 bits per heavy atom. The third kappa shape index (κ3) is 2.67. The SMILES string of the molecule is CCC1NC(=O)CN(Cc2ccc(C)nc2)C1=O. The minimum Gasteiger partial charge on any atom is -0.343 e. The van der Waals surface area contributed by atoms with Gasteiger partial charge in [0.15, 0.2) is 0 Å². The lowest BCUT2D eigenvalue weighted by atomic mass is 10.1. The van der Waals surface area contributed by atoms with Crippen molar-refractivity contribution in [2.24, 2.45) is 0 Å². The summed E-state index contributed by atoms with van der Waals surface area (Å²) in [6.45, 7) is 4.37. The van der Waals surface area contributed by atoms with Crippen LogP contribution in [0.2, 0.25) is 0 Å². The molecule has 1 atom stereocenters. The van der Waals surface area contributed by atoms with E-state index in [9.17, 15) is 9.59 Å². The Kier molecular flexibility index (Phi) is 3.60. The molecular weight excluding hydrogens is 230 g/mol. The summed E-state index contributed by atoms with van der Waals surface area (Å²) in [6.07, 6.45) is 2.36. The van der Waals surface area contributed by atoms with Crippen LogP contribution in [0.5, 0.6) is 0 Å². The number of nitrogens with one attached hydrogen (secondary N) is 1. The van der Waals surface area contributed by atoms with Crippen molar-refractivity contribution in [2.45, 2.75) is 32.9 Å². The number of rotatable bonds is 3. The maximum atomic E-state index is 12.1. The van der Waals surface area contributed by atoms with Gasteiger partial charge in [0, 0.05) is 18.4 Å². The Balaban J connectivity index is 2.09. The average molecular weight is 247 g/mol. The van der Waals surface area contributed by atoms with E-state index in [0.717, 1.165) is 11.3 Å². The number of hydrogen-bond donors (Lipinski definition) is 1. The van der Waals surface area contributed by atoms with Gasteiger partial charge in [-0.25, -0.2) is 0 Å². The first-order valence-corrected chi connectivity index (χ1v) is 6.10. The van der Waals surface area contributed by atoms with Crippen molar-refractivity contribution >= 4 is 11.8 Å². The Morgan fingerprint density at radius 3 is 2.83 bits per heavy atom. The lowest BCUT2D eigenvalue weighted by Crippen LogP contribution is -2.57. The van der Waals surface area contributed by atoms with Gasteiger partial charge in [-0.1, -0.05) is 13.0 Å². The molecule has 1 unspecified atom stereocenters. The van der Waals surface area contributed by atoms with Crippen LogP contribution >= 0.6 is 0 Å². The molecule has 1 fully saturated rings. The fraction of sp³-hybridized carbons (Fsp3) is 0.462. The Labute approximate surface area is 106 Å². The van der Waals surface area contributed by atoms with Crippen LogP contribution in [0.3, 0.4) is 0 Å². The summed E-state index contributed by atoms with van der Waals surface area (Å²) in [7, 11) is 0. The molecule has 2 heterocycles. The summed E-state index contributed by atoms with van der Waals surface area (Å²) in [6, 6.07) is 3.45. The van der Waals surface area contributed by atoms with Gasteiger partial charge in [-0.2, -0.15) is 0 Å². The highest BCUT2D eigenvalue weighted by Crippen LogP contribution is 2.10. The highest BCUT2D eigenvalue weighted by molar-refractivity contribution is 5.94. The number of carbonyl (C=O) groups excluding carboxylic acids is 2. The van der Waals surface area contributed by atoms with Gasteiger partial charge in [-0.15, -0.1) is 0 Å². The van der Waals surface area contributed by atoms with Crippen LogP contribution in [0.1, 0.15) is 24.6 Å². The van der Waals surface area contributed by atoms with E-state index in [-0.39, 0.29) is 24.4 Å². The van der Waals surface area contributed by atoms with Crippen LogP contribution in [-0.4, -0.2) is 34.3 Å². The zero-order valence-electron chi connectivity index (χ0n) is 10.6. The summed E-state index contributed by atoms with van der Waals surface area (Å²) in [5.74, 6) is -0.112. The number of carbonyl (C=O) groups is 2. The first kappa shape index (κ1) is 12.5. The van der Waals surface area contributed by atoms with Gasteiger partial charge in [0.25, 0.3) is 0 Å². The molecule has 2 amide bonds. The Morgan fingerprint density at radius 2 is 2.22 bits per heavy atom. The molecule has 18 heavy (non-hydrogen) atoms. The molecule has 0 spiro atoms. The van der Waals surface area contributed by atoms with Gasteiger partial charge in [-0.05, 0) is 25.0 Å². The predicted molar refractivity (Wildman–Crippen MR) is 66.6 cm³/mol. The van der Waals surface area contributed by atoms with Gasteiger partial charge in [0.05, 0.1) is 6.54 Å². The fourth-order valence-electron chi connectivity index (χ4n) is 2.00. The van der Waals surface area contributed by atoms with E-state index in [1.807, 2.05) is 26.0 Å². The average Bonchev–Trinajstić information content (AvgIpc) is 2.36. The lowest BCUT2D eigenvalue weighted by molar-refractivity contribution is -0.144. The first-order chi connectivity index (χ1) is 8.60. The zero-order valence-corrected chi connectivity index (χ0v) is 10.6.